The SMILES string of the molecule is CC(C)(CCc1ccccc1)NCCC1CCCO1. The molecule has 1 N–H and O–H groups in total. The van der Waals surface area contributed by atoms with Crippen molar-refractivity contribution in [3.8, 4) is 0 Å². The molecule has 2 rings (SSSR count). The van der Waals surface area contributed by atoms with Gasteiger partial charge in [-0.2, -0.15) is 0 Å². The number of rotatable bonds is 7. The Morgan fingerprint density at radius 3 is 2.74 bits per heavy atom. The molecule has 0 amide bonds. The van der Waals surface area contributed by atoms with E-state index < -0.39 is 0 Å². The third-order valence-electron chi connectivity index (χ3n) is 3.98. The average molecular weight is 261 g/mol. The van der Waals surface area contributed by atoms with Crippen LogP contribution in [0.2, 0.25) is 0 Å². The molecule has 0 aromatic heterocycles. The minimum Gasteiger partial charge on any atom is -0.378 e. The first kappa shape index (κ1) is 14.5. The summed E-state index contributed by atoms with van der Waals surface area (Å²) in [6.45, 7) is 6.62. The van der Waals surface area contributed by atoms with E-state index in [9.17, 15) is 0 Å². The summed E-state index contributed by atoms with van der Waals surface area (Å²) >= 11 is 0. The van der Waals surface area contributed by atoms with Crippen LogP contribution in [0.5, 0.6) is 0 Å². The number of benzene rings is 1. The van der Waals surface area contributed by atoms with E-state index in [4.69, 9.17) is 4.74 Å². The maximum Gasteiger partial charge on any atom is 0.0588 e. The average Bonchev–Trinajstić information content (AvgIpc) is 2.91. The summed E-state index contributed by atoms with van der Waals surface area (Å²) in [6.07, 6.45) is 6.43. The van der Waals surface area contributed by atoms with Crippen LogP contribution in [0.4, 0.5) is 0 Å². The van der Waals surface area contributed by atoms with Crippen molar-refractivity contribution in [2.75, 3.05) is 13.2 Å². The van der Waals surface area contributed by atoms with E-state index in [0.717, 1.165) is 26.0 Å². The molecule has 106 valence electrons. The smallest absolute Gasteiger partial charge is 0.0588 e. The number of nitrogens with one attached hydrogen (secondary N) is 1. The lowest BCUT2D eigenvalue weighted by molar-refractivity contribution is 0.102. The van der Waals surface area contributed by atoms with Crippen LogP contribution in [0.25, 0.3) is 0 Å². The Labute approximate surface area is 117 Å². The molecule has 1 fully saturated rings. The lowest BCUT2D eigenvalue weighted by atomic mass is 9.95. The van der Waals surface area contributed by atoms with Crippen molar-refractivity contribution in [3.05, 3.63) is 35.9 Å². The van der Waals surface area contributed by atoms with Crippen molar-refractivity contribution >= 4 is 0 Å². The summed E-state index contributed by atoms with van der Waals surface area (Å²) in [5.41, 5.74) is 1.63. The molecule has 1 saturated heterocycles. The van der Waals surface area contributed by atoms with Crippen molar-refractivity contribution in [1.82, 2.24) is 5.32 Å². The molecule has 0 aliphatic carbocycles. The zero-order chi connectivity index (χ0) is 13.6. The van der Waals surface area contributed by atoms with Gasteiger partial charge in [-0.05, 0) is 58.1 Å². The predicted molar refractivity (Wildman–Crippen MR) is 80.4 cm³/mol. The summed E-state index contributed by atoms with van der Waals surface area (Å²) in [6, 6.07) is 10.7. The molecule has 2 heteroatoms. The minimum absolute atomic E-state index is 0.203. The Morgan fingerprint density at radius 1 is 1.26 bits per heavy atom. The van der Waals surface area contributed by atoms with Crippen molar-refractivity contribution in [2.24, 2.45) is 0 Å². The quantitative estimate of drug-likeness (QED) is 0.810. The molecule has 0 radical (unpaired) electrons. The molecule has 1 aliphatic heterocycles. The standard InChI is InChI=1S/C17H27NO/c1-17(2,12-10-15-7-4-3-5-8-15)18-13-11-16-9-6-14-19-16/h3-5,7-8,16,18H,6,9-14H2,1-2H3. The fraction of sp³-hybridized carbons (Fsp3) is 0.647. The number of hydrogen-bond acceptors (Lipinski definition) is 2. The minimum atomic E-state index is 0.203. The predicted octanol–water partition coefficient (Wildman–Crippen LogP) is 3.56. The van der Waals surface area contributed by atoms with Gasteiger partial charge in [0, 0.05) is 12.1 Å². The van der Waals surface area contributed by atoms with Gasteiger partial charge in [0.15, 0.2) is 0 Å². The highest BCUT2D eigenvalue weighted by Crippen LogP contribution is 2.17. The van der Waals surface area contributed by atoms with Gasteiger partial charge in [-0.15, -0.1) is 0 Å². The Morgan fingerprint density at radius 2 is 2.05 bits per heavy atom. The van der Waals surface area contributed by atoms with E-state index in [1.165, 1.54) is 24.8 Å². The van der Waals surface area contributed by atoms with E-state index >= 15 is 0 Å². The first-order chi connectivity index (χ1) is 9.16. The second kappa shape index (κ2) is 7.06. The molecule has 0 bridgehead atoms. The number of ether oxygens (including phenoxy) is 1. The highest BCUT2D eigenvalue weighted by atomic mass is 16.5. The van der Waals surface area contributed by atoms with Crippen LogP contribution in [0, 0.1) is 0 Å². The van der Waals surface area contributed by atoms with Crippen molar-refractivity contribution in [2.45, 2.75) is 57.6 Å². The molecule has 1 unspecified atom stereocenters. The summed E-state index contributed by atoms with van der Waals surface area (Å²) in [5, 5.41) is 3.68. The third-order valence-corrected chi connectivity index (χ3v) is 3.98. The molecule has 1 aromatic rings. The maximum absolute atomic E-state index is 5.66. The van der Waals surface area contributed by atoms with E-state index in [1.54, 1.807) is 0 Å². The van der Waals surface area contributed by atoms with Crippen LogP contribution in [0.1, 0.15) is 45.1 Å². The molecule has 0 saturated carbocycles. The van der Waals surface area contributed by atoms with Gasteiger partial charge in [-0.3, -0.25) is 0 Å². The van der Waals surface area contributed by atoms with Crippen LogP contribution < -0.4 is 5.32 Å². The lowest BCUT2D eigenvalue weighted by Gasteiger charge is -2.27. The van der Waals surface area contributed by atoms with Gasteiger partial charge in [-0.1, -0.05) is 30.3 Å². The van der Waals surface area contributed by atoms with Crippen molar-refractivity contribution in [1.29, 1.82) is 0 Å². The molecule has 2 nitrogen and oxygen atoms in total. The zero-order valence-corrected chi connectivity index (χ0v) is 12.3. The maximum atomic E-state index is 5.66. The summed E-state index contributed by atoms with van der Waals surface area (Å²) < 4.78 is 5.66. The van der Waals surface area contributed by atoms with Crippen LogP contribution in [-0.4, -0.2) is 24.8 Å². The number of hydrogen-bond donors (Lipinski definition) is 1. The zero-order valence-electron chi connectivity index (χ0n) is 12.3. The molecule has 1 aliphatic rings. The van der Waals surface area contributed by atoms with E-state index in [1.807, 2.05) is 0 Å². The normalized spacial score (nSPS) is 19.8. The Bertz CT molecular complexity index is 355. The molecular formula is C17H27NO. The van der Waals surface area contributed by atoms with Gasteiger partial charge in [0.2, 0.25) is 0 Å². The Balaban J connectivity index is 1.66. The lowest BCUT2D eigenvalue weighted by Crippen LogP contribution is -2.41. The van der Waals surface area contributed by atoms with Crippen molar-refractivity contribution < 1.29 is 4.74 Å². The van der Waals surface area contributed by atoms with Crippen LogP contribution >= 0.6 is 0 Å². The molecule has 1 aromatic carbocycles. The molecular weight excluding hydrogens is 234 g/mol. The largest absolute Gasteiger partial charge is 0.378 e. The second-order valence-electron chi connectivity index (χ2n) is 6.22. The molecule has 1 atom stereocenters. The fourth-order valence-electron chi connectivity index (χ4n) is 2.63. The first-order valence-electron chi connectivity index (χ1n) is 7.56. The first-order valence-corrected chi connectivity index (χ1v) is 7.56. The Kier molecular flexibility index (Phi) is 5.41. The second-order valence-corrected chi connectivity index (χ2v) is 6.22. The van der Waals surface area contributed by atoms with Gasteiger partial charge in [-0.25, -0.2) is 0 Å². The molecule has 0 spiro atoms. The molecule has 1 heterocycles. The van der Waals surface area contributed by atoms with Gasteiger partial charge in [0.1, 0.15) is 0 Å². The van der Waals surface area contributed by atoms with Crippen LogP contribution in [0.3, 0.4) is 0 Å². The van der Waals surface area contributed by atoms with Gasteiger partial charge in [0.25, 0.3) is 0 Å². The molecule has 19 heavy (non-hydrogen) atoms. The highest BCUT2D eigenvalue weighted by Gasteiger charge is 2.19. The van der Waals surface area contributed by atoms with Crippen molar-refractivity contribution in [3.63, 3.8) is 0 Å². The van der Waals surface area contributed by atoms with Gasteiger partial charge >= 0.3 is 0 Å². The summed E-state index contributed by atoms with van der Waals surface area (Å²) in [5.74, 6) is 0. The van der Waals surface area contributed by atoms with Crippen LogP contribution in [0.15, 0.2) is 30.3 Å². The topological polar surface area (TPSA) is 21.3 Å². The van der Waals surface area contributed by atoms with Gasteiger partial charge in [0.05, 0.1) is 6.10 Å². The van der Waals surface area contributed by atoms with Crippen LogP contribution in [-0.2, 0) is 11.2 Å². The van der Waals surface area contributed by atoms with Gasteiger partial charge < -0.3 is 10.1 Å². The van der Waals surface area contributed by atoms with E-state index in [-0.39, 0.29) is 5.54 Å². The van der Waals surface area contributed by atoms with E-state index in [2.05, 4.69) is 49.5 Å². The fourth-order valence-corrected chi connectivity index (χ4v) is 2.63. The Hall–Kier alpha value is -0.860. The van der Waals surface area contributed by atoms with E-state index in [0.29, 0.717) is 6.10 Å². The number of aryl methyl sites for hydroxylation is 1. The third kappa shape index (κ3) is 5.33. The highest BCUT2D eigenvalue weighted by molar-refractivity contribution is 5.15. The monoisotopic (exact) mass is 261 g/mol. The summed E-state index contributed by atoms with van der Waals surface area (Å²) in [7, 11) is 0. The summed E-state index contributed by atoms with van der Waals surface area (Å²) in [4.78, 5) is 0.